The van der Waals surface area contributed by atoms with Crippen LogP contribution in [-0.2, 0) is 0 Å². The van der Waals surface area contributed by atoms with E-state index in [1.54, 1.807) is 18.7 Å². The molecule has 0 unspecified atom stereocenters. The Morgan fingerprint density at radius 2 is 1.81 bits per heavy atom. The van der Waals surface area contributed by atoms with E-state index in [0.29, 0.717) is 0 Å². The van der Waals surface area contributed by atoms with Crippen molar-refractivity contribution < 1.29 is 5.11 Å². The van der Waals surface area contributed by atoms with Crippen LogP contribution in [0.3, 0.4) is 0 Å². The van der Waals surface area contributed by atoms with Gasteiger partial charge in [-0.15, -0.1) is 11.8 Å². The van der Waals surface area contributed by atoms with Gasteiger partial charge in [0.15, 0.2) is 0 Å². The van der Waals surface area contributed by atoms with Crippen LogP contribution in [0.25, 0.3) is 0 Å². The average Bonchev–Trinajstić information content (AvgIpc) is 2.15. The molecule has 3 heteroatoms. The topological polar surface area (TPSA) is 46.2 Å². The second kappa shape index (κ2) is 5.21. The summed E-state index contributed by atoms with van der Waals surface area (Å²) in [4.78, 5) is 1.16. The zero-order valence-electron chi connectivity index (χ0n) is 10.4. The predicted octanol–water partition coefficient (Wildman–Crippen LogP) is 2.96. The summed E-state index contributed by atoms with van der Waals surface area (Å²) in [5.74, 6) is 0. The van der Waals surface area contributed by atoms with E-state index in [9.17, 15) is 5.11 Å². The summed E-state index contributed by atoms with van der Waals surface area (Å²) in [5, 5.41) is 9.56. The fourth-order valence-corrected chi connectivity index (χ4v) is 2.57. The minimum atomic E-state index is -0.526. The Balaban J connectivity index is 3.01. The van der Waals surface area contributed by atoms with Gasteiger partial charge in [-0.05, 0) is 18.6 Å². The maximum absolute atomic E-state index is 9.56. The van der Waals surface area contributed by atoms with Gasteiger partial charge in [0.25, 0.3) is 0 Å². The second-order valence-electron chi connectivity index (χ2n) is 5.02. The van der Waals surface area contributed by atoms with Crippen LogP contribution in [0.2, 0.25) is 0 Å². The molecular weight excluding hydrogens is 218 g/mol. The molecule has 0 fully saturated rings. The molecule has 0 spiro atoms. The highest BCUT2D eigenvalue weighted by atomic mass is 32.2. The highest BCUT2D eigenvalue weighted by Gasteiger charge is 2.19. The van der Waals surface area contributed by atoms with Gasteiger partial charge in [0, 0.05) is 9.64 Å². The Morgan fingerprint density at radius 3 is 2.31 bits per heavy atom. The Labute approximate surface area is 102 Å². The molecule has 90 valence electrons. The first-order chi connectivity index (χ1) is 7.31. The summed E-state index contributed by atoms with van der Waals surface area (Å²) in [7, 11) is 0. The molecule has 0 radical (unpaired) electrons. The number of benzene rings is 1. The van der Waals surface area contributed by atoms with E-state index in [2.05, 4.69) is 26.8 Å². The van der Waals surface area contributed by atoms with Gasteiger partial charge in [-0.25, -0.2) is 0 Å². The van der Waals surface area contributed by atoms with Crippen LogP contribution in [0.4, 0.5) is 0 Å². The van der Waals surface area contributed by atoms with Crippen LogP contribution in [0.1, 0.15) is 39.3 Å². The highest BCUT2D eigenvalue weighted by molar-refractivity contribution is 8.00. The molecule has 0 saturated carbocycles. The first-order valence-corrected chi connectivity index (χ1v) is 6.34. The molecule has 0 saturated heterocycles. The summed E-state index contributed by atoms with van der Waals surface area (Å²) in [6.07, 6.45) is -0.526. The van der Waals surface area contributed by atoms with Gasteiger partial charge in [0.05, 0.1) is 12.1 Å². The Kier molecular flexibility index (Phi) is 4.42. The maximum atomic E-state index is 9.56. The molecule has 0 aliphatic heterocycles. The van der Waals surface area contributed by atoms with Crippen molar-refractivity contribution in [3.63, 3.8) is 0 Å². The lowest BCUT2D eigenvalue weighted by Gasteiger charge is -2.23. The molecule has 0 bridgehead atoms. The second-order valence-corrected chi connectivity index (χ2v) is 6.89. The monoisotopic (exact) mass is 239 g/mol. The highest BCUT2D eigenvalue weighted by Crippen LogP contribution is 2.36. The fraction of sp³-hybridized carbons (Fsp3) is 0.538. The van der Waals surface area contributed by atoms with E-state index in [1.807, 2.05) is 18.2 Å². The molecule has 1 aromatic carbocycles. The normalized spacial score (nSPS) is 15.9. The minimum absolute atomic E-state index is 0.147. The Bertz CT molecular complexity index is 344. The lowest BCUT2D eigenvalue weighted by atomic mass is 10.0. The maximum Gasteiger partial charge on any atom is 0.0705 e. The van der Waals surface area contributed by atoms with Crippen molar-refractivity contribution in [3.8, 4) is 0 Å². The van der Waals surface area contributed by atoms with E-state index >= 15 is 0 Å². The summed E-state index contributed by atoms with van der Waals surface area (Å²) in [5.41, 5.74) is 7.02. The summed E-state index contributed by atoms with van der Waals surface area (Å²) in [6, 6.07) is 7.71. The first-order valence-electron chi connectivity index (χ1n) is 5.53. The number of aliphatic hydroxyl groups is 1. The number of hydrogen-bond donors (Lipinski definition) is 2. The molecule has 16 heavy (non-hydrogen) atoms. The lowest BCUT2D eigenvalue weighted by molar-refractivity contribution is 0.163. The lowest BCUT2D eigenvalue weighted by Crippen LogP contribution is -2.24. The summed E-state index contributed by atoms with van der Waals surface area (Å²) >= 11 is 1.78. The molecule has 1 aromatic rings. The van der Waals surface area contributed by atoms with Crippen LogP contribution >= 0.6 is 11.8 Å². The summed E-state index contributed by atoms with van der Waals surface area (Å²) in [6.45, 7) is 8.23. The Morgan fingerprint density at radius 1 is 1.25 bits per heavy atom. The molecule has 2 nitrogen and oxygen atoms in total. The van der Waals surface area contributed by atoms with Gasteiger partial charge in [-0.2, -0.15) is 0 Å². The van der Waals surface area contributed by atoms with Crippen LogP contribution in [0.5, 0.6) is 0 Å². The van der Waals surface area contributed by atoms with Crippen molar-refractivity contribution in [2.24, 2.45) is 5.73 Å². The number of aliphatic hydroxyl groups excluding tert-OH is 1. The number of hydrogen-bond acceptors (Lipinski definition) is 3. The van der Waals surface area contributed by atoms with E-state index in [-0.39, 0.29) is 10.8 Å². The van der Waals surface area contributed by atoms with Gasteiger partial charge in [0.2, 0.25) is 0 Å². The smallest absolute Gasteiger partial charge is 0.0705 e. The molecular formula is C13H21NOS. The van der Waals surface area contributed by atoms with Gasteiger partial charge in [-0.1, -0.05) is 39.0 Å². The van der Waals surface area contributed by atoms with Crippen molar-refractivity contribution in [2.75, 3.05) is 0 Å². The molecule has 0 aromatic heterocycles. The number of rotatable bonds is 3. The third-order valence-corrected chi connectivity index (χ3v) is 3.42. The van der Waals surface area contributed by atoms with E-state index in [0.717, 1.165) is 10.5 Å². The molecule has 0 amide bonds. The third kappa shape index (κ3) is 3.81. The molecule has 2 atom stereocenters. The molecule has 0 aliphatic rings. The van der Waals surface area contributed by atoms with Crippen LogP contribution in [-0.4, -0.2) is 16.0 Å². The SMILES string of the molecule is C[C@@H](O)[C@@H](N)c1ccccc1SC(C)(C)C. The Hall–Kier alpha value is -0.510. The number of thioether (sulfide) groups is 1. The fourth-order valence-electron chi connectivity index (χ4n) is 1.44. The quantitative estimate of drug-likeness (QED) is 0.797. The molecule has 0 heterocycles. The summed E-state index contributed by atoms with van der Waals surface area (Å²) < 4.78 is 0.147. The van der Waals surface area contributed by atoms with Crippen molar-refractivity contribution in [3.05, 3.63) is 29.8 Å². The van der Waals surface area contributed by atoms with Crippen LogP contribution in [0.15, 0.2) is 29.2 Å². The van der Waals surface area contributed by atoms with Crippen molar-refractivity contribution in [1.82, 2.24) is 0 Å². The third-order valence-electron chi connectivity index (χ3n) is 2.21. The van der Waals surface area contributed by atoms with Crippen molar-refractivity contribution in [1.29, 1.82) is 0 Å². The zero-order chi connectivity index (χ0) is 12.3. The van der Waals surface area contributed by atoms with E-state index < -0.39 is 6.10 Å². The zero-order valence-corrected chi connectivity index (χ0v) is 11.2. The standard InChI is InChI=1S/C13H21NOS/c1-9(15)12(14)10-7-5-6-8-11(10)16-13(2,3)4/h5-9,12,15H,14H2,1-4H3/t9-,12-/m1/s1. The van der Waals surface area contributed by atoms with Crippen molar-refractivity contribution >= 4 is 11.8 Å². The van der Waals surface area contributed by atoms with Gasteiger partial charge < -0.3 is 10.8 Å². The molecule has 3 N–H and O–H groups in total. The molecule has 0 aliphatic carbocycles. The van der Waals surface area contributed by atoms with Crippen molar-refractivity contribution in [2.45, 2.75) is 49.5 Å². The molecule has 1 rings (SSSR count). The van der Waals surface area contributed by atoms with Gasteiger partial charge in [-0.3, -0.25) is 0 Å². The van der Waals surface area contributed by atoms with Crippen LogP contribution < -0.4 is 5.73 Å². The minimum Gasteiger partial charge on any atom is -0.391 e. The van der Waals surface area contributed by atoms with E-state index in [1.165, 1.54) is 0 Å². The first kappa shape index (κ1) is 13.6. The van der Waals surface area contributed by atoms with Gasteiger partial charge >= 0.3 is 0 Å². The largest absolute Gasteiger partial charge is 0.391 e. The average molecular weight is 239 g/mol. The van der Waals surface area contributed by atoms with Crippen LogP contribution in [0, 0.1) is 0 Å². The van der Waals surface area contributed by atoms with Gasteiger partial charge in [0.1, 0.15) is 0 Å². The predicted molar refractivity (Wildman–Crippen MR) is 70.7 cm³/mol. The number of nitrogens with two attached hydrogens (primary N) is 1. The van der Waals surface area contributed by atoms with E-state index in [4.69, 9.17) is 5.73 Å².